The smallest absolute Gasteiger partial charge is 0.162 e. The Morgan fingerprint density at radius 2 is 2.08 bits per heavy atom. The molecule has 0 bridgehead atoms. The van der Waals surface area contributed by atoms with Crippen molar-refractivity contribution < 1.29 is 9.42 Å². The fourth-order valence-electron chi connectivity index (χ4n) is 4.33. The lowest BCUT2D eigenvalue weighted by Crippen LogP contribution is -2.33. The van der Waals surface area contributed by atoms with Crippen LogP contribution in [0.1, 0.15) is 49.4 Å². The van der Waals surface area contributed by atoms with E-state index in [4.69, 9.17) is 4.63 Å². The van der Waals surface area contributed by atoms with Gasteiger partial charge in [-0.05, 0) is 40.7 Å². The van der Waals surface area contributed by atoms with Gasteiger partial charge in [0.25, 0.3) is 0 Å². The molecule has 0 radical (unpaired) electrons. The van der Waals surface area contributed by atoms with Gasteiger partial charge in [-0.2, -0.15) is 5.10 Å². The number of rotatable bonds is 1. The Balaban J connectivity index is 1.80. The third-order valence-corrected chi connectivity index (χ3v) is 5.39. The summed E-state index contributed by atoms with van der Waals surface area (Å²) < 4.78 is 4.95. The van der Waals surface area contributed by atoms with E-state index in [0.717, 1.165) is 40.3 Å². The fraction of sp³-hybridized carbons (Fsp3) is 0.368. The molecule has 132 valence electrons. The van der Waals surface area contributed by atoms with Crippen molar-refractivity contribution in [3.63, 3.8) is 0 Å². The summed E-state index contributed by atoms with van der Waals surface area (Å²) in [5.41, 5.74) is 5.95. The number of Topliss-reactive ketones (excluding diaryl/α,β-unsaturated/α-hetero) is 1. The van der Waals surface area contributed by atoms with E-state index in [1.807, 2.05) is 25.1 Å². The van der Waals surface area contributed by atoms with Gasteiger partial charge in [-0.1, -0.05) is 26.0 Å². The Labute approximate surface area is 149 Å². The average Bonchev–Trinajstić information content (AvgIpc) is 3.18. The SMILES string of the molecule is Cc1[nH]nc2c1C(c1cccc3nonc13)C1=C(CC(C)(C)CC1=O)N2. The number of fused-ring (bicyclic) bond motifs is 2. The Bertz CT molecular complexity index is 1090. The largest absolute Gasteiger partial charge is 0.342 e. The third-order valence-electron chi connectivity index (χ3n) is 5.39. The number of ketones is 1. The van der Waals surface area contributed by atoms with Crippen LogP contribution in [0.2, 0.25) is 0 Å². The third kappa shape index (κ3) is 2.06. The van der Waals surface area contributed by atoms with Crippen LogP contribution in [-0.4, -0.2) is 26.3 Å². The number of hydrogen-bond acceptors (Lipinski definition) is 6. The summed E-state index contributed by atoms with van der Waals surface area (Å²) in [4.78, 5) is 13.2. The molecule has 0 amide bonds. The van der Waals surface area contributed by atoms with E-state index < -0.39 is 0 Å². The molecule has 3 aromatic rings. The summed E-state index contributed by atoms with van der Waals surface area (Å²) in [7, 11) is 0. The highest BCUT2D eigenvalue weighted by molar-refractivity contribution is 6.02. The Morgan fingerprint density at radius 1 is 1.23 bits per heavy atom. The topological polar surface area (TPSA) is 96.7 Å². The molecule has 1 aromatic carbocycles. The summed E-state index contributed by atoms with van der Waals surface area (Å²) >= 11 is 0. The van der Waals surface area contributed by atoms with Gasteiger partial charge in [0.15, 0.2) is 11.6 Å². The van der Waals surface area contributed by atoms with Gasteiger partial charge in [-0.3, -0.25) is 9.89 Å². The van der Waals surface area contributed by atoms with Crippen LogP contribution < -0.4 is 5.32 Å². The van der Waals surface area contributed by atoms with Crippen LogP contribution in [0.3, 0.4) is 0 Å². The van der Waals surface area contributed by atoms with Gasteiger partial charge in [0.05, 0.1) is 0 Å². The minimum atomic E-state index is -0.223. The Hall–Kier alpha value is -2.96. The molecule has 0 spiro atoms. The molecule has 1 atom stereocenters. The second kappa shape index (κ2) is 5.03. The van der Waals surface area contributed by atoms with Crippen molar-refractivity contribution in [3.05, 3.63) is 46.3 Å². The molecule has 1 aliphatic heterocycles. The van der Waals surface area contributed by atoms with Crippen LogP contribution in [0, 0.1) is 12.3 Å². The first kappa shape index (κ1) is 15.3. The lowest BCUT2D eigenvalue weighted by molar-refractivity contribution is -0.118. The van der Waals surface area contributed by atoms with E-state index in [-0.39, 0.29) is 17.1 Å². The average molecular weight is 349 g/mol. The number of H-pyrrole nitrogens is 1. The molecule has 3 heterocycles. The van der Waals surface area contributed by atoms with E-state index in [1.165, 1.54) is 0 Å². The van der Waals surface area contributed by atoms with Crippen LogP contribution in [-0.2, 0) is 4.79 Å². The highest BCUT2D eigenvalue weighted by Gasteiger charge is 2.42. The highest BCUT2D eigenvalue weighted by Crippen LogP contribution is 2.50. The summed E-state index contributed by atoms with van der Waals surface area (Å²) in [6.07, 6.45) is 1.34. The normalized spacial score (nSPS) is 21.5. The molecule has 26 heavy (non-hydrogen) atoms. The molecule has 7 nitrogen and oxygen atoms in total. The number of nitrogens with one attached hydrogen (secondary N) is 2. The highest BCUT2D eigenvalue weighted by atomic mass is 16.6. The summed E-state index contributed by atoms with van der Waals surface area (Å²) in [5.74, 6) is 0.734. The molecule has 1 aliphatic carbocycles. The number of carbonyl (C=O) groups excluding carboxylic acids is 1. The number of aryl methyl sites for hydroxylation is 1. The quantitative estimate of drug-likeness (QED) is 0.698. The van der Waals surface area contributed by atoms with E-state index in [9.17, 15) is 4.79 Å². The Morgan fingerprint density at radius 3 is 2.92 bits per heavy atom. The molecular formula is C19H19N5O2. The van der Waals surface area contributed by atoms with Crippen LogP contribution in [0.25, 0.3) is 11.0 Å². The number of carbonyl (C=O) groups is 1. The van der Waals surface area contributed by atoms with Gasteiger partial charge in [0.1, 0.15) is 11.0 Å². The molecule has 1 unspecified atom stereocenters. The van der Waals surface area contributed by atoms with Crippen molar-refractivity contribution in [3.8, 4) is 0 Å². The molecule has 0 saturated carbocycles. The lowest BCUT2D eigenvalue weighted by atomic mass is 9.69. The molecule has 7 heteroatoms. The zero-order valence-corrected chi connectivity index (χ0v) is 14.9. The van der Waals surface area contributed by atoms with E-state index in [1.54, 1.807) is 0 Å². The summed E-state index contributed by atoms with van der Waals surface area (Å²) in [5, 5.41) is 18.9. The number of aromatic amines is 1. The maximum absolute atomic E-state index is 13.2. The van der Waals surface area contributed by atoms with Gasteiger partial charge in [-0.25, -0.2) is 4.63 Å². The fourth-order valence-corrected chi connectivity index (χ4v) is 4.33. The van der Waals surface area contributed by atoms with Crippen molar-refractivity contribution >= 4 is 22.6 Å². The minimum absolute atomic E-state index is 0.0717. The zero-order chi connectivity index (χ0) is 18.1. The number of hydrogen-bond donors (Lipinski definition) is 2. The van der Waals surface area contributed by atoms with E-state index in [2.05, 4.69) is 39.7 Å². The van der Waals surface area contributed by atoms with Gasteiger partial charge in [0, 0.05) is 34.9 Å². The molecule has 5 rings (SSSR count). The van der Waals surface area contributed by atoms with Crippen molar-refractivity contribution in [2.24, 2.45) is 5.41 Å². The van der Waals surface area contributed by atoms with Gasteiger partial charge >= 0.3 is 0 Å². The second-order valence-electron chi connectivity index (χ2n) is 7.98. The number of allylic oxidation sites excluding steroid dienone is 2. The monoisotopic (exact) mass is 349 g/mol. The summed E-state index contributed by atoms with van der Waals surface area (Å²) in [6.45, 7) is 6.22. The summed E-state index contributed by atoms with van der Waals surface area (Å²) in [6, 6.07) is 5.79. The molecule has 2 N–H and O–H groups in total. The molecule has 0 fully saturated rings. The first-order valence-corrected chi connectivity index (χ1v) is 8.74. The maximum Gasteiger partial charge on any atom is 0.162 e. The predicted molar refractivity (Wildman–Crippen MR) is 95.6 cm³/mol. The van der Waals surface area contributed by atoms with Gasteiger partial charge in [-0.15, -0.1) is 0 Å². The minimum Gasteiger partial charge on any atom is -0.342 e. The molecule has 0 saturated heterocycles. The van der Waals surface area contributed by atoms with Crippen molar-refractivity contribution in [2.45, 2.75) is 39.5 Å². The van der Waals surface area contributed by atoms with E-state index in [0.29, 0.717) is 17.5 Å². The van der Waals surface area contributed by atoms with Crippen LogP contribution in [0.15, 0.2) is 34.1 Å². The van der Waals surface area contributed by atoms with Crippen molar-refractivity contribution in [2.75, 3.05) is 5.32 Å². The van der Waals surface area contributed by atoms with Crippen molar-refractivity contribution in [1.82, 2.24) is 20.5 Å². The predicted octanol–water partition coefficient (Wildman–Crippen LogP) is 3.45. The number of nitrogens with zero attached hydrogens (tertiary/aromatic N) is 3. The van der Waals surface area contributed by atoms with Crippen LogP contribution in [0.5, 0.6) is 0 Å². The first-order chi connectivity index (χ1) is 12.4. The second-order valence-corrected chi connectivity index (χ2v) is 7.98. The van der Waals surface area contributed by atoms with Crippen molar-refractivity contribution in [1.29, 1.82) is 0 Å². The first-order valence-electron chi connectivity index (χ1n) is 8.74. The van der Waals surface area contributed by atoms with Gasteiger partial charge in [0.2, 0.25) is 0 Å². The van der Waals surface area contributed by atoms with Gasteiger partial charge < -0.3 is 5.32 Å². The molecule has 2 aromatic heterocycles. The molecule has 2 aliphatic rings. The number of anilines is 1. The lowest BCUT2D eigenvalue weighted by Gasteiger charge is -2.38. The standard InChI is InChI=1S/C19H19N5O2/c1-9-14-15(10-5-4-6-11-17(10)24-26-23-11)16-12(20-18(14)22-21-9)7-19(2,3)8-13(16)25/h4-6,15H,7-8H2,1-3H3,(H2,20,21,22). The number of benzene rings is 1. The zero-order valence-electron chi connectivity index (χ0n) is 14.9. The van der Waals surface area contributed by atoms with Crippen LogP contribution >= 0.6 is 0 Å². The Kier molecular flexibility index (Phi) is 2.96. The van der Waals surface area contributed by atoms with E-state index >= 15 is 0 Å². The maximum atomic E-state index is 13.2. The molecular weight excluding hydrogens is 330 g/mol. The van der Waals surface area contributed by atoms with Crippen LogP contribution in [0.4, 0.5) is 5.82 Å². The number of aromatic nitrogens is 4.